The highest BCUT2D eigenvalue weighted by atomic mass is 19.1. The Morgan fingerprint density at radius 1 is 1.16 bits per heavy atom. The molecule has 3 heterocycles. The van der Waals surface area contributed by atoms with E-state index in [2.05, 4.69) is 20.2 Å². The van der Waals surface area contributed by atoms with Crippen molar-refractivity contribution in [2.24, 2.45) is 16.6 Å². The smallest absolute Gasteiger partial charge is 0.410 e. The van der Waals surface area contributed by atoms with Gasteiger partial charge >= 0.3 is 6.09 Å². The van der Waals surface area contributed by atoms with Crippen LogP contribution in [0.5, 0.6) is 5.75 Å². The van der Waals surface area contributed by atoms with Gasteiger partial charge < -0.3 is 31.2 Å². The molecule has 242 valence electrons. The van der Waals surface area contributed by atoms with Crippen LogP contribution in [0.4, 0.5) is 20.6 Å². The van der Waals surface area contributed by atoms with Crippen LogP contribution in [-0.4, -0.2) is 94.6 Å². The van der Waals surface area contributed by atoms with Crippen LogP contribution in [0.3, 0.4) is 0 Å². The zero-order valence-electron chi connectivity index (χ0n) is 26.2. The van der Waals surface area contributed by atoms with Crippen molar-refractivity contribution in [1.82, 2.24) is 19.8 Å². The molecule has 45 heavy (non-hydrogen) atoms. The first-order valence-corrected chi connectivity index (χ1v) is 15.4. The van der Waals surface area contributed by atoms with Gasteiger partial charge in [-0.3, -0.25) is 14.7 Å². The summed E-state index contributed by atoms with van der Waals surface area (Å²) in [4.78, 5) is 41.9. The number of carbonyl (C=O) groups excluding carboxylic acids is 2. The number of alkyl halides is 1. The molecule has 12 nitrogen and oxygen atoms in total. The van der Waals surface area contributed by atoms with Crippen molar-refractivity contribution >= 4 is 35.2 Å². The number of carbonyl (C=O) groups is 2. The summed E-state index contributed by atoms with van der Waals surface area (Å²) in [6.45, 7) is 7.67. The van der Waals surface area contributed by atoms with Gasteiger partial charge in [0.25, 0.3) is 5.91 Å². The maximum atomic E-state index is 15.3. The van der Waals surface area contributed by atoms with Crippen molar-refractivity contribution < 1.29 is 23.5 Å². The average molecular weight is 623 g/mol. The minimum absolute atomic E-state index is 0.0411. The zero-order chi connectivity index (χ0) is 32.2. The number of nitrogens with two attached hydrogens (primary N) is 2. The lowest BCUT2D eigenvalue weighted by Gasteiger charge is -2.47. The van der Waals surface area contributed by atoms with E-state index < -0.39 is 23.3 Å². The Hall–Kier alpha value is -4.26. The Bertz CT molecular complexity index is 1430. The molecule has 0 atom stereocenters. The molecule has 0 bridgehead atoms. The number of ether oxygens (including phenoxy) is 2. The Balaban J connectivity index is 1.19. The maximum Gasteiger partial charge on any atom is 0.410 e. The van der Waals surface area contributed by atoms with Gasteiger partial charge in [0.1, 0.15) is 11.4 Å². The summed E-state index contributed by atoms with van der Waals surface area (Å²) in [7, 11) is 0. The highest BCUT2D eigenvalue weighted by Gasteiger charge is 2.48. The number of halogens is 1. The molecule has 2 aliphatic heterocycles. The van der Waals surface area contributed by atoms with Gasteiger partial charge in [-0.05, 0) is 64.5 Å². The summed E-state index contributed by atoms with van der Waals surface area (Å²) in [6.07, 6.45) is 9.24. The molecule has 0 unspecified atom stereocenters. The van der Waals surface area contributed by atoms with Crippen LogP contribution >= 0.6 is 0 Å². The Morgan fingerprint density at radius 3 is 2.47 bits per heavy atom. The Morgan fingerprint density at radius 2 is 1.84 bits per heavy atom. The molecule has 1 saturated carbocycles. The zero-order valence-corrected chi connectivity index (χ0v) is 26.2. The van der Waals surface area contributed by atoms with Gasteiger partial charge in [0, 0.05) is 61.8 Å². The number of hydrogen-bond acceptors (Lipinski definition) is 10. The molecule has 3 fully saturated rings. The fourth-order valence-electron chi connectivity index (χ4n) is 5.32. The predicted octanol–water partition coefficient (Wildman–Crippen LogP) is 3.63. The number of hydrogen-bond donors (Lipinski definition) is 3. The van der Waals surface area contributed by atoms with Crippen molar-refractivity contribution in [1.29, 1.82) is 0 Å². The molecule has 2 aromatic rings. The summed E-state index contributed by atoms with van der Waals surface area (Å²) < 4.78 is 26.7. The number of aromatic nitrogens is 2. The molecule has 0 radical (unpaired) electrons. The summed E-state index contributed by atoms with van der Waals surface area (Å²) in [5.41, 5.74) is 11.8. The van der Waals surface area contributed by atoms with E-state index in [4.69, 9.17) is 25.9 Å². The summed E-state index contributed by atoms with van der Waals surface area (Å²) >= 11 is 0. The molecular formula is C32H43FN8O4. The molecule has 2 amide bonds. The number of benzene rings is 1. The highest BCUT2D eigenvalue weighted by Crippen LogP contribution is 2.35. The van der Waals surface area contributed by atoms with Gasteiger partial charge in [0.2, 0.25) is 0 Å². The fraction of sp³-hybridized carbons (Fsp3) is 0.531. The van der Waals surface area contributed by atoms with E-state index in [0.717, 1.165) is 25.7 Å². The second-order valence-corrected chi connectivity index (χ2v) is 13.1. The quantitative estimate of drug-likeness (QED) is 0.204. The summed E-state index contributed by atoms with van der Waals surface area (Å²) in [5.74, 6) is 0.689. The first-order chi connectivity index (χ1) is 21.4. The van der Waals surface area contributed by atoms with Crippen molar-refractivity contribution in [3.63, 3.8) is 0 Å². The molecule has 2 saturated heterocycles. The van der Waals surface area contributed by atoms with Crippen LogP contribution in [0, 0.1) is 5.92 Å². The normalized spacial score (nSPS) is 19.3. The number of likely N-dealkylation sites (tertiary alicyclic amines) is 2. The molecule has 1 aromatic carbocycles. The fourth-order valence-corrected chi connectivity index (χ4v) is 5.32. The van der Waals surface area contributed by atoms with E-state index in [-0.39, 0.29) is 37.1 Å². The van der Waals surface area contributed by atoms with Crippen LogP contribution < -0.4 is 21.5 Å². The van der Waals surface area contributed by atoms with Gasteiger partial charge in [-0.1, -0.05) is 0 Å². The number of rotatable bonds is 10. The van der Waals surface area contributed by atoms with Gasteiger partial charge in [-0.25, -0.2) is 19.2 Å². The second-order valence-electron chi connectivity index (χ2n) is 13.1. The van der Waals surface area contributed by atoms with E-state index in [0.29, 0.717) is 48.3 Å². The van der Waals surface area contributed by atoms with E-state index in [9.17, 15) is 9.59 Å². The first kappa shape index (κ1) is 32.1. The number of anilines is 2. The van der Waals surface area contributed by atoms with Crippen LogP contribution in [0.15, 0.2) is 41.8 Å². The van der Waals surface area contributed by atoms with Crippen LogP contribution in [-0.2, 0) is 9.53 Å². The monoisotopic (exact) mass is 622 g/mol. The molecule has 3 aliphatic rings. The van der Waals surface area contributed by atoms with E-state index >= 15 is 4.39 Å². The van der Waals surface area contributed by atoms with Gasteiger partial charge in [-0.2, -0.15) is 0 Å². The average Bonchev–Trinajstić information content (AvgIpc) is 3.80. The van der Waals surface area contributed by atoms with Gasteiger partial charge in [0.15, 0.2) is 11.5 Å². The highest BCUT2D eigenvalue weighted by molar-refractivity contribution is 6.24. The number of nitrogens with one attached hydrogen (secondary N) is 1. The second kappa shape index (κ2) is 13.4. The Kier molecular flexibility index (Phi) is 9.56. The third-order valence-electron chi connectivity index (χ3n) is 7.91. The van der Waals surface area contributed by atoms with Crippen molar-refractivity contribution in [2.75, 3.05) is 50.4 Å². The largest absolute Gasteiger partial charge is 0.491 e. The van der Waals surface area contributed by atoms with Crippen molar-refractivity contribution in [2.45, 2.75) is 63.8 Å². The van der Waals surface area contributed by atoms with Crippen molar-refractivity contribution in [3.05, 3.63) is 48.2 Å². The number of piperidine rings is 1. The van der Waals surface area contributed by atoms with Crippen LogP contribution in [0.1, 0.15) is 57.8 Å². The molecular weight excluding hydrogens is 579 g/mol. The van der Waals surface area contributed by atoms with Gasteiger partial charge in [0.05, 0.1) is 37.0 Å². The molecule has 5 rings (SSSR count). The lowest BCUT2D eigenvalue weighted by atomic mass is 9.94. The molecule has 5 N–H and O–H groups in total. The van der Waals surface area contributed by atoms with E-state index in [1.807, 2.05) is 0 Å². The number of nitrogens with zero attached hydrogens (tertiary/aromatic N) is 5. The summed E-state index contributed by atoms with van der Waals surface area (Å²) in [6, 6.07) is 5.14. The van der Waals surface area contributed by atoms with Gasteiger partial charge in [-0.15, -0.1) is 0 Å². The minimum atomic E-state index is -1.43. The standard InChI is InChI=1S/C32H43FN8O4/c1-31(2,3)45-30(43)41-19-32(33,20-41)18-40-11-7-23(8-12-40)38-16-22-13-26(27(14-25(22)35)44-17-21-5-6-21)39-29(42)24(15-34)28-36-9-4-10-37-28/h4,9-10,13-16,21,23H,5-8,11-12,17-20,34-35H2,1-3H3,(H,39,42). The topological polar surface area (TPSA) is 161 Å². The molecule has 13 heteroatoms. The third-order valence-corrected chi connectivity index (χ3v) is 7.91. The molecule has 1 aromatic heterocycles. The molecule has 0 spiro atoms. The number of nitrogen functional groups attached to an aromatic ring is 1. The van der Waals surface area contributed by atoms with Crippen molar-refractivity contribution in [3.8, 4) is 5.75 Å². The summed E-state index contributed by atoms with van der Waals surface area (Å²) in [5, 5.41) is 2.89. The lowest BCUT2D eigenvalue weighted by molar-refractivity contribution is -0.111. The molecule has 1 aliphatic carbocycles. The van der Waals surface area contributed by atoms with Crippen LogP contribution in [0.2, 0.25) is 0 Å². The lowest BCUT2D eigenvalue weighted by Crippen LogP contribution is -2.66. The SMILES string of the molecule is CC(C)(C)OC(=O)N1CC(F)(CN2CCC(N=Cc3cc(NC(=O)C(=CN)c4ncccn4)c(OCC4CC4)cc3N)CC2)C1. The third kappa shape index (κ3) is 8.68. The minimum Gasteiger partial charge on any atom is -0.491 e. The first-order valence-electron chi connectivity index (χ1n) is 15.4. The van der Waals surface area contributed by atoms with E-state index in [1.165, 1.54) is 23.5 Å². The Labute approximate surface area is 263 Å². The predicted molar refractivity (Wildman–Crippen MR) is 171 cm³/mol. The number of amides is 2. The van der Waals surface area contributed by atoms with Crippen LogP contribution in [0.25, 0.3) is 5.57 Å². The number of aliphatic imine (C=N–C) groups is 1. The maximum absolute atomic E-state index is 15.3. The van der Waals surface area contributed by atoms with E-state index in [1.54, 1.807) is 45.2 Å².